The SMILES string of the molecule is COc1ccc(N)cc1C(=O)N(Cc1ccsc1)C1CC1. The van der Waals surface area contributed by atoms with Crippen molar-refractivity contribution in [3.8, 4) is 5.75 Å². The first kappa shape index (κ1) is 13.9. The van der Waals surface area contributed by atoms with E-state index in [0.717, 1.165) is 12.8 Å². The molecule has 2 aromatic rings. The molecule has 3 rings (SSSR count). The number of nitrogens with zero attached hydrogens (tertiary/aromatic N) is 1. The number of carbonyl (C=O) groups is 1. The highest BCUT2D eigenvalue weighted by molar-refractivity contribution is 7.07. The number of benzene rings is 1. The third kappa shape index (κ3) is 3.03. The fraction of sp³-hybridized carbons (Fsp3) is 0.312. The summed E-state index contributed by atoms with van der Waals surface area (Å²) < 4.78 is 5.31. The summed E-state index contributed by atoms with van der Waals surface area (Å²) in [6, 6.07) is 7.59. The van der Waals surface area contributed by atoms with Gasteiger partial charge in [-0.05, 0) is 53.4 Å². The van der Waals surface area contributed by atoms with Crippen LogP contribution in [-0.2, 0) is 6.54 Å². The first-order valence-electron chi connectivity index (χ1n) is 6.94. The predicted molar refractivity (Wildman–Crippen MR) is 84.6 cm³/mol. The summed E-state index contributed by atoms with van der Waals surface area (Å²) in [5.41, 5.74) is 8.11. The molecule has 1 heterocycles. The Balaban J connectivity index is 1.89. The molecule has 1 amide bonds. The predicted octanol–water partition coefficient (Wildman–Crippen LogP) is 3.14. The summed E-state index contributed by atoms with van der Waals surface area (Å²) in [6.45, 7) is 0.644. The van der Waals surface area contributed by atoms with Crippen LogP contribution in [0.4, 0.5) is 5.69 Å². The standard InChI is InChI=1S/C16H18N2O2S/c1-20-15-5-2-12(17)8-14(15)16(19)18(13-3-4-13)9-11-6-7-21-10-11/h2,5-8,10,13H,3-4,9,17H2,1H3. The minimum Gasteiger partial charge on any atom is -0.496 e. The summed E-state index contributed by atoms with van der Waals surface area (Å²) in [7, 11) is 1.57. The fourth-order valence-electron chi connectivity index (χ4n) is 2.38. The zero-order valence-electron chi connectivity index (χ0n) is 11.9. The zero-order chi connectivity index (χ0) is 14.8. The minimum atomic E-state index is -0.00662. The molecule has 1 aromatic heterocycles. The molecule has 0 spiro atoms. The highest BCUT2D eigenvalue weighted by atomic mass is 32.1. The molecule has 0 bridgehead atoms. The molecule has 0 atom stereocenters. The average molecular weight is 302 g/mol. The topological polar surface area (TPSA) is 55.6 Å². The molecule has 4 nitrogen and oxygen atoms in total. The van der Waals surface area contributed by atoms with E-state index in [2.05, 4.69) is 11.4 Å². The highest BCUT2D eigenvalue weighted by Crippen LogP contribution is 2.32. The van der Waals surface area contributed by atoms with Crippen molar-refractivity contribution in [3.05, 3.63) is 46.2 Å². The number of hydrogen-bond donors (Lipinski definition) is 1. The van der Waals surface area contributed by atoms with Crippen LogP contribution in [0.15, 0.2) is 35.0 Å². The van der Waals surface area contributed by atoms with Gasteiger partial charge in [-0.1, -0.05) is 0 Å². The fourth-order valence-corrected chi connectivity index (χ4v) is 3.04. The van der Waals surface area contributed by atoms with Gasteiger partial charge in [-0.15, -0.1) is 0 Å². The molecule has 1 saturated carbocycles. The molecule has 0 radical (unpaired) electrons. The Morgan fingerprint density at radius 3 is 2.86 bits per heavy atom. The number of carbonyl (C=O) groups excluding carboxylic acids is 1. The van der Waals surface area contributed by atoms with Crippen molar-refractivity contribution in [2.45, 2.75) is 25.4 Å². The van der Waals surface area contributed by atoms with Crippen LogP contribution in [0.5, 0.6) is 5.75 Å². The minimum absolute atomic E-state index is 0.00662. The van der Waals surface area contributed by atoms with E-state index in [1.807, 2.05) is 10.3 Å². The van der Waals surface area contributed by atoms with Crippen molar-refractivity contribution in [1.82, 2.24) is 4.90 Å². The van der Waals surface area contributed by atoms with Gasteiger partial charge in [-0.25, -0.2) is 0 Å². The molecule has 21 heavy (non-hydrogen) atoms. The lowest BCUT2D eigenvalue weighted by atomic mass is 10.1. The van der Waals surface area contributed by atoms with Crippen LogP contribution in [0.3, 0.4) is 0 Å². The monoisotopic (exact) mass is 302 g/mol. The normalized spacial score (nSPS) is 14.0. The van der Waals surface area contributed by atoms with Gasteiger partial charge >= 0.3 is 0 Å². The number of amides is 1. The summed E-state index contributed by atoms with van der Waals surface area (Å²) in [5.74, 6) is 0.568. The molecular formula is C16H18N2O2S. The second-order valence-corrected chi connectivity index (χ2v) is 6.04. The smallest absolute Gasteiger partial charge is 0.258 e. The van der Waals surface area contributed by atoms with Crippen LogP contribution in [-0.4, -0.2) is 24.0 Å². The lowest BCUT2D eigenvalue weighted by molar-refractivity contribution is 0.0727. The van der Waals surface area contributed by atoms with Gasteiger partial charge in [0.15, 0.2) is 0 Å². The van der Waals surface area contributed by atoms with E-state index in [1.54, 1.807) is 36.6 Å². The number of hydrogen-bond acceptors (Lipinski definition) is 4. The van der Waals surface area contributed by atoms with Gasteiger partial charge < -0.3 is 15.4 Å². The number of thiophene rings is 1. The van der Waals surface area contributed by atoms with Crippen molar-refractivity contribution in [1.29, 1.82) is 0 Å². The van der Waals surface area contributed by atoms with Gasteiger partial charge in [0.05, 0.1) is 12.7 Å². The average Bonchev–Trinajstić information content (AvgIpc) is 3.20. The largest absolute Gasteiger partial charge is 0.496 e. The number of nitrogen functional groups attached to an aromatic ring is 1. The first-order valence-corrected chi connectivity index (χ1v) is 7.89. The van der Waals surface area contributed by atoms with Crippen molar-refractivity contribution in [2.24, 2.45) is 0 Å². The molecule has 2 N–H and O–H groups in total. The highest BCUT2D eigenvalue weighted by Gasteiger charge is 2.34. The summed E-state index contributed by atoms with van der Waals surface area (Å²) in [5, 5.41) is 4.12. The molecule has 0 saturated heterocycles. The van der Waals surface area contributed by atoms with Crippen LogP contribution >= 0.6 is 11.3 Å². The van der Waals surface area contributed by atoms with Crippen molar-refractivity contribution >= 4 is 22.9 Å². The van der Waals surface area contributed by atoms with E-state index in [-0.39, 0.29) is 5.91 Å². The second kappa shape index (κ2) is 5.77. The molecule has 1 aromatic carbocycles. The molecule has 0 aliphatic heterocycles. The van der Waals surface area contributed by atoms with E-state index >= 15 is 0 Å². The number of nitrogens with two attached hydrogens (primary N) is 1. The van der Waals surface area contributed by atoms with Crippen molar-refractivity contribution in [2.75, 3.05) is 12.8 Å². The van der Waals surface area contributed by atoms with Crippen LogP contribution in [0.1, 0.15) is 28.8 Å². The van der Waals surface area contributed by atoms with Crippen molar-refractivity contribution < 1.29 is 9.53 Å². The molecular weight excluding hydrogens is 284 g/mol. The molecule has 0 unspecified atom stereocenters. The molecule has 1 aliphatic rings. The van der Waals surface area contributed by atoms with E-state index in [4.69, 9.17) is 10.5 Å². The molecule has 1 aliphatic carbocycles. The molecule has 1 fully saturated rings. The Kier molecular flexibility index (Phi) is 3.84. The van der Waals surface area contributed by atoms with Gasteiger partial charge in [0.1, 0.15) is 5.75 Å². The Morgan fingerprint density at radius 2 is 2.24 bits per heavy atom. The maximum atomic E-state index is 12.9. The van der Waals surface area contributed by atoms with E-state index in [0.29, 0.717) is 29.6 Å². The number of ether oxygens (including phenoxy) is 1. The van der Waals surface area contributed by atoms with Gasteiger partial charge in [-0.2, -0.15) is 11.3 Å². The summed E-state index contributed by atoms with van der Waals surface area (Å²) in [6.07, 6.45) is 2.14. The van der Waals surface area contributed by atoms with Gasteiger partial charge in [-0.3, -0.25) is 4.79 Å². The summed E-state index contributed by atoms with van der Waals surface area (Å²) in [4.78, 5) is 14.8. The maximum absolute atomic E-state index is 12.9. The lowest BCUT2D eigenvalue weighted by Crippen LogP contribution is -2.32. The van der Waals surface area contributed by atoms with E-state index in [9.17, 15) is 4.79 Å². The van der Waals surface area contributed by atoms with Crippen molar-refractivity contribution in [3.63, 3.8) is 0 Å². The number of methoxy groups -OCH3 is 1. The van der Waals surface area contributed by atoms with Crippen LogP contribution < -0.4 is 10.5 Å². The van der Waals surface area contributed by atoms with Crippen LogP contribution in [0.2, 0.25) is 0 Å². The Bertz CT molecular complexity index is 636. The van der Waals surface area contributed by atoms with Gasteiger partial charge in [0.2, 0.25) is 0 Å². The lowest BCUT2D eigenvalue weighted by Gasteiger charge is -2.23. The third-order valence-electron chi connectivity index (χ3n) is 3.64. The molecule has 5 heteroatoms. The molecule has 110 valence electrons. The van der Waals surface area contributed by atoms with E-state index < -0.39 is 0 Å². The van der Waals surface area contributed by atoms with Gasteiger partial charge in [0, 0.05) is 18.3 Å². The number of rotatable bonds is 5. The van der Waals surface area contributed by atoms with Gasteiger partial charge in [0.25, 0.3) is 5.91 Å². The quantitative estimate of drug-likeness (QED) is 0.863. The zero-order valence-corrected chi connectivity index (χ0v) is 12.7. The second-order valence-electron chi connectivity index (χ2n) is 5.26. The van der Waals surface area contributed by atoms with Crippen LogP contribution in [0, 0.1) is 0 Å². The third-order valence-corrected chi connectivity index (χ3v) is 4.37. The summed E-state index contributed by atoms with van der Waals surface area (Å²) >= 11 is 1.65. The Morgan fingerprint density at radius 1 is 1.43 bits per heavy atom. The van der Waals surface area contributed by atoms with E-state index in [1.165, 1.54) is 5.56 Å². The maximum Gasteiger partial charge on any atom is 0.258 e. The van der Waals surface area contributed by atoms with Crippen LogP contribution in [0.25, 0.3) is 0 Å². The Hall–Kier alpha value is -2.01. The first-order chi connectivity index (χ1) is 10.2. The number of anilines is 1. The Labute approximate surface area is 128 Å².